The average molecular weight is 407 g/mol. The fourth-order valence-electron chi connectivity index (χ4n) is 4.09. The van der Waals surface area contributed by atoms with Gasteiger partial charge in [0.15, 0.2) is 5.92 Å². The van der Waals surface area contributed by atoms with Gasteiger partial charge in [0.1, 0.15) is 5.75 Å². The minimum atomic E-state index is -1.06. The van der Waals surface area contributed by atoms with E-state index in [0.29, 0.717) is 18.1 Å². The van der Waals surface area contributed by atoms with Crippen molar-refractivity contribution in [2.75, 3.05) is 18.1 Å². The highest BCUT2D eigenvalue weighted by molar-refractivity contribution is 6.08. The summed E-state index contributed by atoms with van der Waals surface area (Å²) in [5.74, 6) is -1.36. The second kappa shape index (κ2) is 8.18. The Bertz CT molecular complexity index is 1090. The Morgan fingerprint density at radius 1 is 1.17 bits per heavy atom. The summed E-state index contributed by atoms with van der Waals surface area (Å²) in [5, 5.41) is 10.1. The van der Waals surface area contributed by atoms with Crippen molar-refractivity contribution in [1.82, 2.24) is 9.55 Å². The molecule has 2 atom stereocenters. The maximum Gasteiger partial charge on any atom is 0.321 e. The zero-order chi connectivity index (χ0) is 21.3. The molecule has 1 aliphatic heterocycles. The van der Waals surface area contributed by atoms with Crippen LogP contribution in [-0.2, 0) is 14.3 Å². The third kappa shape index (κ3) is 3.30. The van der Waals surface area contributed by atoms with Gasteiger partial charge in [-0.25, -0.2) is 4.98 Å². The van der Waals surface area contributed by atoms with E-state index < -0.39 is 17.9 Å². The monoisotopic (exact) mass is 407 g/mol. The molecule has 2 aromatic carbocycles. The molecule has 0 radical (unpaired) electrons. The van der Waals surface area contributed by atoms with Crippen LogP contribution in [0.15, 0.2) is 48.5 Å². The first-order valence-electron chi connectivity index (χ1n) is 10.3. The fourth-order valence-corrected chi connectivity index (χ4v) is 4.09. The Balaban J connectivity index is 1.98. The highest BCUT2D eigenvalue weighted by Crippen LogP contribution is 2.41. The van der Waals surface area contributed by atoms with Gasteiger partial charge < -0.3 is 14.4 Å². The van der Waals surface area contributed by atoms with Crippen LogP contribution in [0.3, 0.4) is 0 Å². The van der Waals surface area contributed by atoms with Crippen LogP contribution >= 0.6 is 0 Å². The van der Waals surface area contributed by atoms with Crippen molar-refractivity contribution < 1.29 is 19.4 Å². The van der Waals surface area contributed by atoms with Crippen molar-refractivity contribution >= 4 is 28.9 Å². The number of para-hydroxylation sites is 2. The number of anilines is 1. The minimum Gasteiger partial charge on any atom is -0.508 e. The molecule has 0 bridgehead atoms. The molecule has 1 N–H and O–H groups in total. The molecule has 0 spiro atoms. The molecule has 0 unspecified atom stereocenters. The van der Waals surface area contributed by atoms with Gasteiger partial charge in [0, 0.05) is 6.54 Å². The molecule has 0 saturated heterocycles. The first-order chi connectivity index (χ1) is 14.6. The van der Waals surface area contributed by atoms with Crippen molar-refractivity contribution in [2.45, 2.75) is 32.7 Å². The third-order valence-electron chi connectivity index (χ3n) is 5.43. The number of imidazole rings is 1. The van der Waals surface area contributed by atoms with E-state index in [1.165, 1.54) is 0 Å². The van der Waals surface area contributed by atoms with Gasteiger partial charge in [-0.3, -0.25) is 14.5 Å². The summed E-state index contributed by atoms with van der Waals surface area (Å²) in [6.07, 6.45) is 1.70. The van der Waals surface area contributed by atoms with Crippen LogP contribution in [0, 0.1) is 5.92 Å². The predicted molar refractivity (Wildman–Crippen MR) is 113 cm³/mol. The van der Waals surface area contributed by atoms with E-state index in [2.05, 4.69) is 6.92 Å². The van der Waals surface area contributed by atoms with Crippen LogP contribution in [0.1, 0.15) is 38.3 Å². The second-order valence-electron chi connectivity index (χ2n) is 7.38. The van der Waals surface area contributed by atoms with Crippen LogP contribution in [0.5, 0.6) is 5.75 Å². The first-order valence-corrected chi connectivity index (χ1v) is 10.3. The predicted octanol–water partition coefficient (Wildman–Crippen LogP) is 3.66. The number of hydrogen-bond acceptors (Lipinski definition) is 5. The van der Waals surface area contributed by atoms with Crippen LogP contribution in [-0.4, -0.2) is 39.7 Å². The van der Waals surface area contributed by atoms with Crippen molar-refractivity contribution in [3.05, 3.63) is 54.1 Å². The van der Waals surface area contributed by atoms with Crippen molar-refractivity contribution in [2.24, 2.45) is 5.92 Å². The number of carbonyl (C=O) groups is 2. The summed E-state index contributed by atoms with van der Waals surface area (Å²) in [4.78, 5) is 32.9. The van der Waals surface area contributed by atoms with E-state index in [1.807, 2.05) is 34.9 Å². The lowest BCUT2D eigenvalue weighted by Gasteiger charge is -2.38. The van der Waals surface area contributed by atoms with E-state index in [9.17, 15) is 14.7 Å². The number of phenols is 1. The van der Waals surface area contributed by atoms with Gasteiger partial charge in [-0.05, 0) is 43.2 Å². The van der Waals surface area contributed by atoms with Gasteiger partial charge >= 0.3 is 5.97 Å². The summed E-state index contributed by atoms with van der Waals surface area (Å²) in [7, 11) is 0. The molecule has 0 fully saturated rings. The van der Waals surface area contributed by atoms with E-state index in [0.717, 1.165) is 23.9 Å². The molecule has 7 nitrogen and oxygen atoms in total. The Kier molecular flexibility index (Phi) is 5.44. The normalized spacial score (nSPS) is 18.5. The van der Waals surface area contributed by atoms with Crippen LogP contribution in [0.2, 0.25) is 0 Å². The van der Waals surface area contributed by atoms with Gasteiger partial charge in [0.2, 0.25) is 11.9 Å². The van der Waals surface area contributed by atoms with E-state index in [1.54, 1.807) is 30.0 Å². The SMILES string of the molecule is CCCCN1C(=O)[C@@H](C(=O)OCC)[C@@H](c2cccc(O)c2)n2c1nc1ccccc12. The van der Waals surface area contributed by atoms with Crippen molar-refractivity contribution in [3.63, 3.8) is 0 Å². The van der Waals surface area contributed by atoms with Gasteiger partial charge in [-0.15, -0.1) is 0 Å². The Morgan fingerprint density at radius 2 is 1.97 bits per heavy atom. The Hall–Kier alpha value is -3.35. The quantitative estimate of drug-likeness (QED) is 0.498. The Morgan fingerprint density at radius 3 is 2.70 bits per heavy atom. The molecule has 3 aromatic rings. The van der Waals surface area contributed by atoms with Crippen LogP contribution in [0.25, 0.3) is 11.0 Å². The van der Waals surface area contributed by atoms with Gasteiger partial charge in [-0.2, -0.15) is 0 Å². The molecule has 1 aliphatic rings. The fraction of sp³-hybridized carbons (Fsp3) is 0.348. The molecule has 1 aromatic heterocycles. The smallest absolute Gasteiger partial charge is 0.321 e. The average Bonchev–Trinajstić information content (AvgIpc) is 3.11. The topological polar surface area (TPSA) is 84.7 Å². The van der Waals surface area contributed by atoms with E-state index in [-0.39, 0.29) is 18.3 Å². The van der Waals surface area contributed by atoms with Crippen molar-refractivity contribution in [3.8, 4) is 5.75 Å². The number of amides is 1. The summed E-state index contributed by atoms with van der Waals surface area (Å²) in [6, 6.07) is 13.6. The minimum absolute atomic E-state index is 0.0712. The number of phenolic OH excluding ortho intramolecular Hbond substituents is 1. The van der Waals surface area contributed by atoms with Gasteiger partial charge in [0.25, 0.3) is 0 Å². The highest BCUT2D eigenvalue weighted by atomic mass is 16.5. The summed E-state index contributed by atoms with van der Waals surface area (Å²) in [6.45, 7) is 4.43. The summed E-state index contributed by atoms with van der Waals surface area (Å²) < 4.78 is 7.24. The summed E-state index contributed by atoms with van der Waals surface area (Å²) >= 11 is 0. The van der Waals surface area contributed by atoms with Crippen molar-refractivity contribution in [1.29, 1.82) is 0 Å². The van der Waals surface area contributed by atoms with Crippen LogP contribution in [0.4, 0.5) is 5.95 Å². The molecule has 1 amide bonds. The number of aromatic nitrogens is 2. The maximum atomic E-state index is 13.6. The number of benzene rings is 2. The van der Waals surface area contributed by atoms with Gasteiger partial charge in [-0.1, -0.05) is 37.6 Å². The lowest BCUT2D eigenvalue weighted by molar-refractivity contribution is -0.153. The number of unbranched alkanes of at least 4 members (excludes halogenated alkanes) is 1. The molecule has 30 heavy (non-hydrogen) atoms. The van der Waals surface area contributed by atoms with E-state index >= 15 is 0 Å². The number of nitrogens with zero attached hydrogens (tertiary/aromatic N) is 3. The zero-order valence-electron chi connectivity index (χ0n) is 17.1. The molecular weight excluding hydrogens is 382 g/mol. The van der Waals surface area contributed by atoms with Gasteiger partial charge in [0.05, 0.1) is 23.7 Å². The van der Waals surface area contributed by atoms with Crippen LogP contribution < -0.4 is 4.90 Å². The molecule has 156 valence electrons. The molecule has 4 rings (SSSR count). The second-order valence-corrected chi connectivity index (χ2v) is 7.38. The lowest BCUT2D eigenvalue weighted by Crippen LogP contribution is -2.50. The molecule has 2 heterocycles. The summed E-state index contributed by atoms with van der Waals surface area (Å²) in [5.41, 5.74) is 2.22. The number of fused-ring (bicyclic) bond motifs is 3. The highest BCUT2D eigenvalue weighted by Gasteiger charge is 2.47. The zero-order valence-corrected chi connectivity index (χ0v) is 17.1. The molecule has 7 heteroatoms. The maximum absolute atomic E-state index is 13.6. The largest absolute Gasteiger partial charge is 0.508 e. The number of esters is 1. The lowest BCUT2D eigenvalue weighted by atomic mass is 9.89. The Labute approximate surface area is 174 Å². The molecular formula is C23H25N3O4. The standard InChI is InChI=1S/C23H25N3O4/c1-3-5-13-25-21(28)19(22(29)30-4-2)20(15-9-8-10-16(27)14-15)26-18-12-7-6-11-17(18)24-23(25)26/h6-12,14,19-20,27H,3-5,13H2,1-2H3/t19-,20+/m0/s1. The molecule has 0 aliphatic carbocycles. The number of rotatable bonds is 6. The van der Waals surface area contributed by atoms with E-state index in [4.69, 9.17) is 9.72 Å². The number of hydrogen-bond donors (Lipinski definition) is 1. The first kappa shape index (κ1) is 19.9. The number of ether oxygens (including phenoxy) is 1. The third-order valence-corrected chi connectivity index (χ3v) is 5.43. The number of aromatic hydroxyl groups is 1. The number of carbonyl (C=O) groups excluding carboxylic acids is 2. The molecule has 0 saturated carbocycles.